The Labute approximate surface area is 171 Å². The van der Waals surface area contributed by atoms with Gasteiger partial charge in [0, 0.05) is 17.6 Å². The number of aromatic nitrogens is 3. The maximum atomic E-state index is 13.2. The van der Waals surface area contributed by atoms with E-state index in [9.17, 15) is 9.18 Å². The van der Waals surface area contributed by atoms with Crippen molar-refractivity contribution < 1.29 is 9.18 Å². The van der Waals surface area contributed by atoms with Crippen LogP contribution in [0.4, 0.5) is 4.39 Å². The molecule has 0 aliphatic rings. The predicted octanol–water partition coefficient (Wildman–Crippen LogP) is 4.39. The first-order valence-corrected chi connectivity index (χ1v) is 10.2. The molecule has 7 heteroatoms. The molecule has 0 aliphatic carbocycles. The van der Waals surface area contributed by atoms with Gasteiger partial charge in [-0.15, -0.1) is 11.3 Å². The smallest absolute Gasteiger partial charge is 0.267 e. The molecule has 0 N–H and O–H groups in total. The van der Waals surface area contributed by atoms with Crippen LogP contribution in [0.25, 0.3) is 10.2 Å². The molecule has 148 valence electrons. The lowest BCUT2D eigenvalue weighted by molar-refractivity contribution is 0.0958. The highest BCUT2D eigenvalue weighted by Gasteiger charge is 2.18. The third-order valence-corrected chi connectivity index (χ3v) is 5.65. The highest BCUT2D eigenvalue weighted by molar-refractivity contribution is 7.20. The van der Waals surface area contributed by atoms with Gasteiger partial charge < -0.3 is 0 Å². The van der Waals surface area contributed by atoms with Crippen LogP contribution < -0.4 is 5.49 Å². The first kappa shape index (κ1) is 19.3. The summed E-state index contributed by atoms with van der Waals surface area (Å²) in [6.45, 7) is 6.41. The van der Waals surface area contributed by atoms with Gasteiger partial charge in [-0.1, -0.05) is 18.2 Å². The Morgan fingerprint density at radius 3 is 2.69 bits per heavy atom. The first-order chi connectivity index (χ1) is 13.9. The van der Waals surface area contributed by atoms with Gasteiger partial charge in [0.05, 0.1) is 17.1 Å². The van der Waals surface area contributed by atoms with Crippen molar-refractivity contribution in [2.45, 2.75) is 33.4 Å². The van der Waals surface area contributed by atoms with E-state index in [4.69, 9.17) is 0 Å². The number of hydrogen-bond donors (Lipinski definition) is 0. The average molecular weight is 409 g/mol. The molecule has 0 fully saturated rings. The molecule has 4 rings (SSSR count). The summed E-state index contributed by atoms with van der Waals surface area (Å²) >= 11 is 1.41. The van der Waals surface area contributed by atoms with Gasteiger partial charge in [0.25, 0.3) is 5.91 Å². The van der Waals surface area contributed by atoms with E-state index in [1.807, 2.05) is 49.7 Å². The van der Waals surface area contributed by atoms with Gasteiger partial charge >= 0.3 is 0 Å². The van der Waals surface area contributed by atoms with Crippen LogP contribution in [0.2, 0.25) is 0 Å². The Kier molecular flexibility index (Phi) is 5.15. The van der Waals surface area contributed by atoms with Crippen molar-refractivity contribution in [2.75, 3.05) is 0 Å². The van der Waals surface area contributed by atoms with Crippen molar-refractivity contribution in [1.29, 1.82) is 0 Å². The number of thiophene rings is 1. The highest BCUT2D eigenvalue weighted by Crippen LogP contribution is 2.29. The second-order valence-corrected chi connectivity index (χ2v) is 8.19. The van der Waals surface area contributed by atoms with E-state index in [0.717, 1.165) is 21.5 Å². The molecular weight excluding hydrogens is 387 g/mol. The monoisotopic (exact) mass is 408 g/mol. The molecule has 0 bridgehead atoms. The molecule has 0 radical (unpaired) electrons. The molecule has 0 saturated heterocycles. The lowest BCUT2D eigenvalue weighted by Crippen LogP contribution is -2.27. The van der Waals surface area contributed by atoms with Crippen molar-refractivity contribution in [2.24, 2.45) is 4.99 Å². The van der Waals surface area contributed by atoms with Crippen LogP contribution in [0.15, 0.2) is 59.7 Å². The number of hydrogen-bond acceptors (Lipinski definition) is 4. The molecule has 0 unspecified atom stereocenters. The topological polar surface area (TPSA) is 52.2 Å². The van der Waals surface area contributed by atoms with Crippen molar-refractivity contribution >= 4 is 27.5 Å². The normalized spacial score (nSPS) is 12.2. The molecule has 3 aromatic heterocycles. The molecule has 1 aromatic carbocycles. The molecule has 5 nitrogen and oxygen atoms in total. The third kappa shape index (κ3) is 3.91. The fraction of sp³-hybridized carbons (Fsp3) is 0.227. The van der Waals surface area contributed by atoms with Crippen LogP contribution in [0, 0.1) is 12.7 Å². The third-order valence-electron chi connectivity index (χ3n) is 4.51. The van der Waals surface area contributed by atoms with Crippen LogP contribution in [0.1, 0.15) is 34.8 Å². The minimum atomic E-state index is -0.262. The Hall–Kier alpha value is -3.06. The maximum Gasteiger partial charge on any atom is 0.273 e. The number of carbonyl (C=O) groups excluding carboxylic acids is 1. The number of rotatable bonds is 4. The van der Waals surface area contributed by atoms with Crippen molar-refractivity contribution in [3.63, 3.8) is 0 Å². The maximum absolute atomic E-state index is 13.2. The quantitative estimate of drug-likeness (QED) is 0.503. The highest BCUT2D eigenvalue weighted by atomic mass is 32.1. The van der Waals surface area contributed by atoms with Gasteiger partial charge in [0.15, 0.2) is 0 Å². The largest absolute Gasteiger partial charge is 0.273 e. The fourth-order valence-corrected chi connectivity index (χ4v) is 4.28. The van der Waals surface area contributed by atoms with E-state index in [1.165, 1.54) is 23.5 Å². The van der Waals surface area contributed by atoms with Crippen LogP contribution in [-0.2, 0) is 6.54 Å². The molecule has 0 amide bonds. The summed E-state index contributed by atoms with van der Waals surface area (Å²) in [5.41, 5.74) is 2.45. The van der Waals surface area contributed by atoms with Crippen molar-refractivity contribution in [3.8, 4) is 0 Å². The molecule has 0 spiro atoms. The first-order valence-electron chi connectivity index (χ1n) is 9.40. The van der Waals surface area contributed by atoms with Crippen LogP contribution in [0.5, 0.6) is 0 Å². The SMILES string of the molecule is Cc1nn(Cc2ccc(F)cc2)c2sc(C(=O)n3ccccc3=NC(C)C)cc12. The van der Waals surface area contributed by atoms with Crippen LogP contribution in [-0.4, -0.2) is 26.3 Å². The molecule has 0 atom stereocenters. The van der Waals surface area contributed by atoms with Gasteiger partial charge in [0.2, 0.25) is 0 Å². The van der Waals surface area contributed by atoms with Gasteiger partial charge in [-0.2, -0.15) is 5.10 Å². The molecular formula is C22H21FN4OS. The number of halogens is 1. The van der Waals surface area contributed by atoms with Crippen LogP contribution in [0.3, 0.4) is 0 Å². The number of carbonyl (C=O) groups is 1. The van der Waals surface area contributed by atoms with Gasteiger partial charge in [-0.05, 0) is 56.7 Å². The number of fused-ring (bicyclic) bond motifs is 1. The standard InChI is InChI=1S/C22H21FN4OS/c1-14(2)24-20-6-4-5-11-26(20)21(28)19-12-18-15(3)25-27(22(18)29-19)13-16-7-9-17(23)10-8-16/h4-12,14H,13H2,1-3H3. The Bertz CT molecular complexity index is 1250. The molecule has 29 heavy (non-hydrogen) atoms. The molecule has 0 saturated carbocycles. The lowest BCUT2D eigenvalue weighted by Gasteiger charge is -2.06. The average Bonchev–Trinajstić information content (AvgIpc) is 3.25. The summed E-state index contributed by atoms with van der Waals surface area (Å²) in [6.07, 6.45) is 1.74. The zero-order chi connectivity index (χ0) is 20.5. The summed E-state index contributed by atoms with van der Waals surface area (Å²) in [5.74, 6) is -0.374. The summed E-state index contributed by atoms with van der Waals surface area (Å²) < 4.78 is 16.6. The summed E-state index contributed by atoms with van der Waals surface area (Å²) in [6, 6.07) is 13.9. The summed E-state index contributed by atoms with van der Waals surface area (Å²) in [7, 11) is 0. The number of nitrogens with zero attached hydrogens (tertiary/aromatic N) is 4. The van der Waals surface area contributed by atoms with E-state index in [0.29, 0.717) is 16.9 Å². The van der Waals surface area contributed by atoms with Gasteiger partial charge in [-0.3, -0.25) is 19.0 Å². The Balaban J connectivity index is 1.73. The van der Waals surface area contributed by atoms with Crippen LogP contribution >= 0.6 is 11.3 Å². The van der Waals surface area contributed by atoms with Crippen molar-refractivity contribution in [3.05, 3.63) is 82.2 Å². The number of pyridine rings is 1. The Morgan fingerprint density at radius 2 is 1.97 bits per heavy atom. The van der Waals surface area contributed by atoms with E-state index >= 15 is 0 Å². The van der Waals surface area contributed by atoms with Gasteiger partial charge in [0.1, 0.15) is 16.1 Å². The van der Waals surface area contributed by atoms with E-state index in [2.05, 4.69) is 10.1 Å². The number of benzene rings is 1. The van der Waals surface area contributed by atoms with E-state index in [1.54, 1.807) is 22.9 Å². The van der Waals surface area contributed by atoms with E-state index < -0.39 is 0 Å². The van der Waals surface area contributed by atoms with Gasteiger partial charge in [-0.25, -0.2) is 4.39 Å². The molecule has 4 aromatic rings. The van der Waals surface area contributed by atoms with E-state index in [-0.39, 0.29) is 17.8 Å². The zero-order valence-electron chi connectivity index (χ0n) is 16.5. The molecule has 3 heterocycles. The molecule has 0 aliphatic heterocycles. The lowest BCUT2D eigenvalue weighted by atomic mass is 10.2. The summed E-state index contributed by atoms with van der Waals surface area (Å²) in [5, 5.41) is 5.55. The second kappa shape index (κ2) is 7.75. The summed E-state index contributed by atoms with van der Waals surface area (Å²) in [4.78, 5) is 19.3. The fourth-order valence-electron chi connectivity index (χ4n) is 3.18. The second-order valence-electron chi connectivity index (χ2n) is 7.16. The van der Waals surface area contributed by atoms with Crippen molar-refractivity contribution in [1.82, 2.24) is 14.3 Å². The predicted molar refractivity (Wildman–Crippen MR) is 113 cm³/mol. The minimum absolute atomic E-state index is 0.0883. The zero-order valence-corrected chi connectivity index (χ0v) is 17.3. The number of aryl methyl sites for hydroxylation is 1. The minimum Gasteiger partial charge on any atom is -0.267 e. The Morgan fingerprint density at radius 1 is 1.21 bits per heavy atom.